The van der Waals surface area contributed by atoms with Gasteiger partial charge in [0.15, 0.2) is 10.9 Å². The van der Waals surface area contributed by atoms with E-state index in [1.54, 1.807) is 29.2 Å². The topological polar surface area (TPSA) is 58.6 Å². The van der Waals surface area contributed by atoms with Crippen molar-refractivity contribution < 1.29 is 14.3 Å². The Balaban J connectivity index is 1.40. The van der Waals surface area contributed by atoms with E-state index in [1.807, 2.05) is 55.5 Å². The molecule has 0 aromatic heterocycles. The Labute approximate surface area is 219 Å². The lowest BCUT2D eigenvalue weighted by atomic mass is 10.1. The standard InChI is InChI=1S/C27H23ClN2O3S2/c1-3-18-8-11-20(12-9-18)29-25(31)16-33-23-13-10-19(14-21(23)28)15-24-26(32)30(27(34)35-24)22-7-5-4-6-17(22)2/h4-15H,3,16H2,1-2H3,(H,29,31)/b24-15-. The summed E-state index contributed by atoms with van der Waals surface area (Å²) in [6.45, 7) is 3.84. The van der Waals surface area contributed by atoms with Crippen molar-refractivity contribution in [3.63, 3.8) is 0 Å². The lowest BCUT2D eigenvalue weighted by Crippen LogP contribution is -2.28. The molecule has 1 fully saturated rings. The first-order chi connectivity index (χ1) is 16.9. The number of carbonyl (C=O) groups excluding carboxylic acids is 2. The smallest absolute Gasteiger partial charge is 0.270 e. The monoisotopic (exact) mass is 522 g/mol. The zero-order valence-corrected chi connectivity index (χ0v) is 21.6. The number of para-hydroxylation sites is 1. The van der Waals surface area contributed by atoms with Crippen LogP contribution in [0.2, 0.25) is 5.02 Å². The highest BCUT2D eigenvalue weighted by Crippen LogP contribution is 2.37. The molecule has 0 bridgehead atoms. The van der Waals surface area contributed by atoms with Crippen LogP contribution in [0, 0.1) is 6.92 Å². The van der Waals surface area contributed by atoms with Crippen molar-refractivity contribution in [2.75, 3.05) is 16.8 Å². The van der Waals surface area contributed by atoms with Gasteiger partial charge in [-0.2, -0.15) is 0 Å². The average Bonchev–Trinajstić information content (AvgIpc) is 3.12. The molecule has 3 aromatic carbocycles. The highest BCUT2D eigenvalue weighted by atomic mass is 35.5. The number of halogens is 1. The van der Waals surface area contributed by atoms with Crippen molar-refractivity contribution in [3.05, 3.63) is 93.3 Å². The van der Waals surface area contributed by atoms with Crippen LogP contribution in [0.1, 0.15) is 23.6 Å². The van der Waals surface area contributed by atoms with E-state index < -0.39 is 0 Å². The molecule has 0 saturated carbocycles. The summed E-state index contributed by atoms with van der Waals surface area (Å²) in [6, 6.07) is 20.4. The number of benzene rings is 3. The number of thioether (sulfide) groups is 1. The van der Waals surface area contributed by atoms with Gasteiger partial charge in [-0.1, -0.05) is 78.9 Å². The average molecular weight is 523 g/mol. The van der Waals surface area contributed by atoms with Gasteiger partial charge in [0.05, 0.1) is 15.6 Å². The van der Waals surface area contributed by atoms with Crippen molar-refractivity contribution in [3.8, 4) is 5.75 Å². The molecule has 8 heteroatoms. The molecule has 2 amide bonds. The van der Waals surface area contributed by atoms with Crippen LogP contribution in [0.25, 0.3) is 6.08 Å². The van der Waals surface area contributed by atoms with E-state index in [9.17, 15) is 9.59 Å². The number of aryl methyl sites for hydroxylation is 2. The van der Waals surface area contributed by atoms with E-state index in [1.165, 1.54) is 17.3 Å². The summed E-state index contributed by atoms with van der Waals surface area (Å²) in [5.41, 5.74) is 4.38. The summed E-state index contributed by atoms with van der Waals surface area (Å²) in [5, 5.41) is 3.14. The molecule has 0 atom stereocenters. The molecule has 1 heterocycles. The van der Waals surface area contributed by atoms with E-state index in [4.69, 9.17) is 28.6 Å². The Morgan fingerprint density at radius 2 is 1.89 bits per heavy atom. The third-order valence-electron chi connectivity index (χ3n) is 5.41. The number of carbonyl (C=O) groups is 2. The number of hydrogen-bond acceptors (Lipinski definition) is 5. The number of ether oxygens (including phenoxy) is 1. The third kappa shape index (κ3) is 5.93. The van der Waals surface area contributed by atoms with Gasteiger partial charge in [0.25, 0.3) is 11.8 Å². The predicted octanol–water partition coefficient (Wildman–Crippen LogP) is 6.63. The maximum atomic E-state index is 13.0. The van der Waals surface area contributed by atoms with Crippen LogP contribution >= 0.6 is 35.6 Å². The fourth-order valence-corrected chi connectivity index (χ4v) is 5.06. The molecule has 0 radical (unpaired) electrons. The molecule has 0 aliphatic carbocycles. The minimum absolute atomic E-state index is 0.172. The van der Waals surface area contributed by atoms with Crippen LogP contribution in [0.4, 0.5) is 11.4 Å². The van der Waals surface area contributed by atoms with Crippen molar-refractivity contribution in [1.82, 2.24) is 0 Å². The SMILES string of the molecule is CCc1ccc(NC(=O)COc2ccc(/C=C3\SC(=S)N(c4ccccc4C)C3=O)cc2Cl)cc1. The predicted molar refractivity (Wildman–Crippen MR) is 148 cm³/mol. The first-order valence-electron chi connectivity index (χ1n) is 11.0. The van der Waals surface area contributed by atoms with Crippen LogP contribution in [0.5, 0.6) is 5.75 Å². The second kappa shape index (κ2) is 11.1. The summed E-state index contributed by atoms with van der Waals surface area (Å²) >= 11 is 13.1. The highest BCUT2D eigenvalue weighted by Gasteiger charge is 2.33. The van der Waals surface area contributed by atoms with Gasteiger partial charge in [0.2, 0.25) is 0 Å². The molecule has 1 saturated heterocycles. The van der Waals surface area contributed by atoms with Crippen LogP contribution in [0.3, 0.4) is 0 Å². The van der Waals surface area contributed by atoms with Crippen molar-refractivity contribution in [2.24, 2.45) is 0 Å². The zero-order chi connectivity index (χ0) is 24.9. The first-order valence-corrected chi connectivity index (χ1v) is 12.6. The minimum atomic E-state index is -0.283. The second-order valence-corrected chi connectivity index (χ2v) is 9.96. The zero-order valence-electron chi connectivity index (χ0n) is 19.2. The number of thiocarbonyl (C=S) groups is 1. The fourth-order valence-electron chi connectivity index (χ4n) is 3.53. The van der Waals surface area contributed by atoms with E-state index in [0.29, 0.717) is 25.7 Å². The normalized spacial score (nSPS) is 14.5. The Morgan fingerprint density at radius 3 is 2.57 bits per heavy atom. The number of hydrogen-bond donors (Lipinski definition) is 1. The van der Waals surface area contributed by atoms with E-state index in [0.717, 1.165) is 23.2 Å². The molecule has 3 aromatic rings. The Kier molecular flexibility index (Phi) is 7.90. The Hall–Kier alpha value is -3.13. The van der Waals surface area contributed by atoms with Crippen molar-refractivity contribution >= 4 is 69.2 Å². The summed E-state index contributed by atoms with van der Waals surface area (Å²) in [5.74, 6) is -0.0728. The molecule has 0 spiro atoms. The van der Waals surface area contributed by atoms with E-state index >= 15 is 0 Å². The van der Waals surface area contributed by atoms with E-state index in [-0.39, 0.29) is 18.4 Å². The van der Waals surface area contributed by atoms with Crippen LogP contribution in [-0.4, -0.2) is 22.7 Å². The van der Waals surface area contributed by atoms with Gasteiger partial charge in [-0.3, -0.25) is 14.5 Å². The van der Waals surface area contributed by atoms with Gasteiger partial charge in [-0.15, -0.1) is 0 Å². The molecular formula is C27H23ClN2O3S2. The van der Waals surface area contributed by atoms with E-state index in [2.05, 4.69) is 12.2 Å². The molecule has 1 N–H and O–H groups in total. The van der Waals surface area contributed by atoms with Gasteiger partial charge in [-0.05, 0) is 66.4 Å². The Bertz CT molecular complexity index is 1320. The van der Waals surface area contributed by atoms with Crippen LogP contribution in [0.15, 0.2) is 71.6 Å². The minimum Gasteiger partial charge on any atom is -0.482 e. The van der Waals surface area contributed by atoms with Gasteiger partial charge in [-0.25, -0.2) is 0 Å². The number of nitrogens with zero attached hydrogens (tertiary/aromatic N) is 1. The largest absolute Gasteiger partial charge is 0.482 e. The maximum Gasteiger partial charge on any atom is 0.270 e. The molecular weight excluding hydrogens is 500 g/mol. The van der Waals surface area contributed by atoms with Gasteiger partial charge in [0, 0.05) is 5.69 Å². The number of rotatable bonds is 7. The first kappa shape index (κ1) is 25.0. The van der Waals surface area contributed by atoms with Gasteiger partial charge < -0.3 is 10.1 Å². The second-order valence-electron chi connectivity index (χ2n) is 7.88. The third-order valence-corrected chi connectivity index (χ3v) is 7.01. The van der Waals surface area contributed by atoms with Gasteiger partial charge >= 0.3 is 0 Å². The van der Waals surface area contributed by atoms with Crippen molar-refractivity contribution in [1.29, 1.82) is 0 Å². The summed E-state index contributed by atoms with van der Waals surface area (Å²) in [7, 11) is 0. The molecule has 35 heavy (non-hydrogen) atoms. The highest BCUT2D eigenvalue weighted by molar-refractivity contribution is 8.27. The van der Waals surface area contributed by atoms with Gasteiger partial charge in [0.1, 0.15) is 5.75 Å². The maximum absolute atomic E-state index is 13.0. The molecule has 1 aliphatic rings. The molecule has 5 nitrogen and oxygen atoms in total. The number of nitrogens with one attached hydrogen (secondary N) is 1. The molecule has 178 valence electrons. The fraction of sp³-hybridized carbons (Fsp3) is 0.148. The van der Waals surface area contributed by atoms with Crippen LogP contribution in [-0.2, 0) is 16.0 Å². The number of amides is 2. The molecule has 1 aliphatic heterocycles. The van der Waals surface area contributed by atoms with Crippen molar-refractivity contribution in [2.45, 2.75) is 20.3 Å². The Morgan fingerprint density at radius 1 is 1.14 bits per heavy atom. The summed E-state index contributed by atoms with van der Waals surface area (Å²) in [4.78, 5) is 27.3. The molecule has 4 rings (SSSR count). The van der Waals surface area contributed by atoms with Crippen LogP contribution < -0.4 is 15.0 Å². The number of anilines is 2. The summed E-state index contributed by atoms with van der Waals surface area (Å²) in [6.07, 6.45) is 2.69. The lowest BCUT2D eigenvalue weighted by molar-refractivity contribution is -0.118. The summed E-state index contributed by atoms with van der Waals surface area (Å²) < 4.78 is 6.08. The molecule has 0 unspecified atom stereocenters. The lowest BCUT2D eigenvalue weighted by Gasteiger charge is -2.16. The quantitative estimate of drug-likeness (QED) is 0.278.